The molecule has 1 aliphatic heterocycles. The Balaban J connectivity index is 1.74. The van der Waals surface area contributed by atoms with Crippen molar-refractivity contribution in [1.82, 2.24) is 15.5 Å². The van der Waals surface area contributed by atoms with Gasteiger partial charge in [-0.2, -0.15) is 0 Å². The van der Waals surface area contributed by atoms with Gasteiger partial charge in [0.05, 0.1) is 14.2 Å². The Morgan fingerprint density at radius 3 is 2.68 bits per heavy atom. The van der Waals surface area contributed by atoms with E-state index in [2.05, 4.69) is 40.4 Å². The second-order valence-corrected chi connectivity index (χ2v) is 7.98. The maximum Gasteiger partial charge on any atom is 0.190 e. The normalized spacial score (nSPS) is 18.2. The van der Waals surface area contributed by atoms with E-state index in [4.69, 9.17) is 9.47 Å². The average molecular weight is 391 g/mol. The zero-order chi connectivity index (χ0) is 20.4. The first-order valence-electron chi connectivity index (χ1n) is 10.4. The van der Waals surface area contributed by atoms with Gasteiger partial charge in [-0.25, -0.2) is 0 Å². The van der Waals surface area contributed by atoms with Crippen LogP contribution in [0.2, 0.25) is 0 Å². The Bertz CT molecular complexity index is 619. The number of benzene rings is 1. The molecule has 1 unspecified atom stereocenters. The van der Waals surface area contributed by atoms with Crippen LogP contribution in [0.1, 0.15) is 32.3 Å². The highest BCUT2D eigenvalue weighted by Gasteiger charge is 2.20. The summed E-state index contributed by atoms with van der Waals surface area (Å²) < 4.78 is 10.7. The highest BCUT2D eigenvalue weighted by molar-refractivity contribution is 5.79. The van der Waals surface area contributed by atoms with Gasteiger partial charge in [-0.3, -0.25) is 4.99 Å². The molecule has 1 fully saturated rings. The maximum absolute atomic E-state index is 5.38. The van der Waals surface area contributed by atoms with E-state index in [1.807, 2.05) is 19.2 Å². The number of guanidine groups is 1. The highest BCUT2D eigenvalue weighted by atomic mass is 16.5. The Morgan fingerprint density at radius 1 is 1.21 bits per heavy atom. The molecule has 2 N–H and O–H groups in total. The van der Waals surface area contributed by atoms with Crippen LogP contribution in [0.15, 0.2) is 23.2 Å². The first kappa shape index (κ1) is 22.3. The third-order valence-electron chi connectivity index (χ3n) is 5.16. The molecular weight excluding hydrogens is 352 g/mol. The van der Waals surface area contributed by atoms with Crippen LogP contribution in [0.25, 0.3) is 0 Å². The average Bonchev–Trinajstić information content (AvgIpc) is 2.70. The summed E-state index contributed by atoms with van der Waals surface area (Å²) >= 11 is 0. The summed E-state index contributed by atoms with van der Waals surface area (Å²) in [5.41, 5.74) is 1.21. The number of aliphatic imine (C=N–C) groups is 1. The van der Waals surface area contributed by atoms with Gasteiger partial charge < -0.3 is 25.0 Å². The van der Waals surface area contributed by atoms with Crippen molar-refractivity contribution in [3.8, 4) is 11.5 Å². The predicted molar refractivity (Wildman–Crippen MR) is 117 cm³/mol. The van der Waals surface area contributed by atoms with Gasteiger partial charge in [0.15, 0.2) is 17.5 Å². The van der Waals surface area contributed by atoms with E-state index in [1.165, 1.54) is 38.0 Å². The van der Waals surface area contributed by atoms with Crippen LogP contribution in [0, 0.1) is 11.8 Å². The standard InChI is InChI=1S/C22H38N4O2/c1-17(2)15-26-12-6-7-19(16-26)14-25-22(23-3)24-11-10-18-8-9-20(27-4)21(13-18)28-5/h8-9,13,17,19H,6-7,10-12,14-16H2,1-5H3,(H2,23,24,25). The Kier molecular flexibility index (Phi) is 9.41. The van der Waals surface area contributed by atoms with E-state index in [0.29, 0.717) is 5.92 Å². The van der Waals surface area contributed by atoms with Crippen molar-refractivity contribution in [2.45, 2.75) is 33.1 Å². The van der Waals surface area contributed by atoms with Gasteiger partial charge in [-0.05, 0) is 55.3 Å². The van der Waals surface area contributed by atoms with Gasteiger partial charge in [-0.1, -0.05) is 19.9 Å². The second-order valence-electron chi connectivity index (χ2n) is 7.98. The number of hydrogen-bond donors (Lipinski definition) is 2. The zero-order valence-corrected chi connectivity index (χ0v) is 18.3. The van der Waals surface area contributed by atoms with Crippen LogP contribution >= 0.6 is 0 Å². The van der Waals surface area contributed by atoms with Gasteiger partial charge in [0.25, 0.3) is 0 Å². The first-order chi connectivity index (χ1) is 13.5. The summed E-state index contributed by atoms with van der Waals surface area (Å²) in [4.78, 5) is 6.97. The molecule has 28 heavy (non-hydrogen) atoms. The maximum atomic E-state index is 5.38. The monoisotopic (exact) mass is 390 g/mol. The Labute approximate surface area is 170 Å². The van der Waals surface area contributed by atoms with Crippen LogP contribution in [0.5, 0.6) is 11.5 Å². The second kappa shape index (κ2) is 11.8. The molecule has 0 aromatic heterocycles. The molecular formula is C22H38N4O2. The minimum absolute atomic E-state index is 0.692. The van der Waals surface area contributed by atoms with Gasteiger partial charge in [0.2, 0.25) is 0 Å². The number of methoxy groups -OCH3 is 2. The minimum atomic E-state index is 0.692. The SMILES string of the molecule is CN=C(NCCc1ccc(OC)c(OC)c1)NCC1CCCN(CC(C)C)C1. The molecule has 0 saturated carbocycles. The number of rotatable bonds is 9. The van der Waals surface area contributed by atoms with E-state index >= 15 is 0 Å². The first-order valence-corrected chi connectivity index (χ1v) is 10.4. The lowest BCUT2D eigenvalue weighted by atomic mass is 9.97. The summed E-state index contributed by atoms with van der Waals surface area (Å²) in [5, 5.41) is 6.93. The van der Waals surface area contributed by atoms with Gasteiger partial charge >= 0.3 is 0 Å². The van der Waals surface area contributed by atoms with Crippen LogP contribution in [0.4, 0.5) is 0 Å². The van der Waals surface area contributed by atoms with Crippen LogP contribution < -0.4 is 20.1 Å². The minimum Gasteiger partial charge on any atom is -0.493 e. The van der Waals surface area contributed by atoms with Crippen LogP contribution in [-0.2, 0) is 6.42 Å². The molecule has 1 atom stereocenters. The summed E-state index contributed by atoms with van der Waals surface area (Å²) in [6.07, 6.45) is 3.49. The van der Waals surface area contributed by atoms with Gasteiger partial charge in [-0.15, -0.1) is 0 Å². The molecule has 2 rings (SSSR count). The van der Waals surface area contributed by atoms with Crippen molar-refractivity contribution in [2.24, 2.45) is 16.8 Å². The number of hydrogen-bond acceptors (Lipinski definition) is 4. The molecule has 1 aliphatic rings. The van der Waals surface area contributed by atoms with Crippen molar-refractivity contribution in [1.29, 1.82) is 0 Å². The molecule has 0 bridgehead atoms. The smallest absolute Gasteiger partial charge is 0.190 e. The Morgan fingerprint density at radius 2 is 2.00 bits per heavy atom. The molecule has 0 spiro atoms. The quantitative estimate of drug-likeness (QED) is 0.502. The Hall–Kier alpha value is -1.95. The van der Waals surface area contributed by atoms with E-state index in [-0.39, 0.29) is 0 Å². The molecule has 1 saturated heterocycles. The third kappa shape index (κ3) is 7.23. The number of piperidine rings is 1. The number of ether oxygens (including phenoxy) is 2. The summed E-state index contributed by atoms with van der Waals surface area (Å²) in [6.45, 7) is 10.0. The van der Waals surface area contributed by atoms with Crippen LogP contribution in [-0.4, -0.2) is 64.9 Å². The van der Waals surface area contributed by atoms with E-state index < -0.39 is 0 Å². The van der Waals surface area contributed by atoms with Crippen molar-refractivity contribution < 1.29 is 9.47 Å². The molecule has 0 radical (unpaired) electrons. The predicted octanol–water partition coefficient (Wildman–Crippen LogP) is 2.78. The molecule has 1 aromatic rings. The molecule has 6 heteroatoms. The van der Waals surface area contributed by atoms with E-state index in [1.54, 1.807) is 14.2 Å². The lowest BCUT2D eigenvalue weighted by Crippen LogP contribution is -2.45. The molecule has 0 amide bonds. The summed E-state index contributed by atoms with van der Waals surface area (Å²) in [5.74, 6) is 3.83. The van der Waals surface area contributed by atoms with Crippen LogP contribution in [0.3, 0.4) is 0 Å². The zero-order valence-electron chi connectivity index (χ0n) is 18.3. The fourth-order valence-electron chi connectivity index (χ4n) is 3.82. The lowest BCUT2D eigenvalue weighted by molar-refractivity contribution is 0.159. The fraction of sp³-hybridized carbons (Fsp3) is 0.682. The van der Waals surface area contributed by atoms with Crippen molar-refractivity contribution in [3.63, 3.8) is 0 Å². The van der Waals surface area contributed by atoms with E-state index in [0.717, 1.165) is 42.9 Å². The van der Waals surface area contributed by atoms with Crippen molar-refractivity contribution >= 4 is 5.96 Å². The summed E-state index contributed by atoms with van der Waals surface area (Å²) in [7, 11) is 5.15. The van der Waals surface area contributed by atoms with Crippen molar-refractivity contribution in [2.75, 3.05) is 54.0 Å². The lowest BCUT2D eigenvalue weighted by Gasteiger charge is -2.34. The molecule has 1 aromatic carbocycles. The largest absolute Gasteiger partial charge is 0.493 e. The third-order valence-corrected chi connectivity index (χ3v) is 5.16. The van der Waals surface area contributed by atoms with E-state index in [9.17, 15) is 0 Å². The molecule has 1 heterocycles. The molecule has 6 nitrogen and oxygen atoms in total. The number of likely N-dealkylation sites (tertiary alicyclic amines) is 1. The molecule has 158 valence electrons. The topological polar surface area (TPSA) is 58.1 Å². The molecule has 0 aliphatic carbocycles. The summed E-state index contributed by atoms with van der Waals surface area (Å²) in [6, 6.07) is 6.06. The number of nitrogens with zero attached hydrogens (tertiary/aromatic N) is 2. The van der Waals surface area contributed by atoms with Gasteiger partial charge in [0.1, 0.15) is 0 Å². The fourth-order valence-corrected chi connectivity index (χ4v) is 3.82. The van der Waals surface area contributed by atoms with Gasteiger partial charge in [0, 0.05) is 33.2 Å². The number of nitrogens with one attached hydrogen (secondary N) is 2. The highest BCUT2D eigenvalue weighted by Crippen LogP contribution is 2.27. The van der Waals surface area contributed by atoms with Crippen molar-refractivity contribution in [3.05, 3.63) is 23.8 Å².